The highest BCUT2D eigenvalue weighted by Crippen LogP contribution is 2.32. The zero-order valence-electron chi connectivity index (χ0n) is 11.9. The van der Waals surface area contributed by atoms with Crippen molar-refractivity contribution in [1.29, 1.82) is 0 Å². The van der Waals surface area contributed by atoms with Crippen LogP contribution >= 0.6 is 11.6 Å². The Bertz CT molecular complexity index is 530. The monoisotopic (exact) mass is 320 g/mol. The molecule has 1 saturated carbocycles. The average molecular weight is 321 g/mol. The molecule has 0 N–H and O–H groups in total. The van der Waals surface area contributed by atoms with E-state index in [0.717, 1.165) is 18.5 Å². The van der Waals surface area contributed by atoms with Crippen molar-refractivity contribution >= 4 is 21.6 Å². The first-order chi connectivity index (χ1) is 9.54. The van der Waals surface area contributed by atoms with E-state index in [1.54, 1.807) is 23.7 Å². The summed E-state index contributed by atoms with van der Waals surface area (Å²) in [5.41, 5.74) is 0.829. The Morgan fingerprint density at radius 2 is 2.20 bits per heavy atom. The maximum atomic E-state index is 12.7. The largest absolute Gasteiger partial charge is 0.383 e. The number of nitrogens with zero attached hydrogens (tertiary/aromatic N) is 2. The Labute approximate surface area is 125 Å². The van der Waals surface area contributed by atoms with Crippen LogP contribution in [0, 0.1) is 0 Å². The topological polar surface area (TPSA) is 51.5 Å². The summed E-state index contributed by atoms with van der Waals surface area (Å²) in [6, 6.07) is 1.80. The van der Waals surface area contributed by atoms with Gasteiger partial charge in [-0.2, -0.15) is 4.31 Å². The van der Waals surface area contributed by atoms with Crippen LogP contribution in [0.2, 0.25) is 0 Å². The van der Waals surface area contributed by atoms with Gasteiger partial charge in [-0.15, -0.1) is 11.6 Å². The molecular weight excluding hydrogens is 300 g/mol. The summed E-state index contributed by atoms with van der Waals surface area (Å²) in [7, 11) is -1.88. The smallest absolute Gasteiger partial charge is 0.244 e. The molecule has 7 heteroatoms. The van der Waals surface area contributed by atoms with E-state index in [2.05, 4.69) is 0 Å². The van der Waals surface area contributed by atoms with Crippen molar-refractivity contribution in [3.05, 3.63) is 18.0 Å². The van der Waals surface area contributed by atoms with Crippen LogP contribution in [-0.2, 0) is 27.2 Å². The van der Waals surface area contributed by atoms with Crippen LogP contribution in [0.25, 0.3) is 0 Å². The van der Waals surface area contributed by atoms with Gasteiger partial charge in [0.05, 0.1) is 12.5 Å². The van der Waals surface area contributed by atoms with Gasteiger partial charge in [-0.05, 0) is 25.8 Å². The average Bonchev–Trinajstić information content (AvgIpc) is 3.16. The van der Waals surface area contributed by atoms with Crippen molar-refractivity contribution in [3.63, 3.8) is 0 Å². The first-order valence-corrected chi connectivity index (χ1v) is 8.77. The third-order valence-electron chi connectivity index (χ3n) is 3.51. The molecule has 0 unspecified atom stereocenters. The molecule has 0 aromatic carbocycles. The fourth-order valence-corrected chi connectivity index (χ4v) is 4.21. The van der Waals surface area contributed by atoms with E-state index >= 15 is 0 Å². The van der Waals surface area contributed by atoms with Crippen molar-refractivity contribution in [2.45, 2.75) is 43.1 Å². The van der Waals surface area contributed by atoms with Crippen molar-refractivity contribution in [2.24, 2.45) is 0 Å². The number of methoxy groups -OCH3 is 1. The predicted molar refractivity (Wildman–Crippen MR) is 78.5 cm³/mol. The molecule has 1 heterocycles. The maximum Gasteiger partial charge on any atom is 0.244 e. The molecule has 1 aliphatic rings. The quantitative estimate of drug-likeness (QED) is 0.689. The lowest BCUT2D eigenvalue weighted by Gasteiger charge is -2.20. The van der Waals surface area contributed by atoms with Crippen molar-refractivity contribution in [3.8, 4) is 0 Å². The van der Waals surface area contributed by atoms with E-state index in [4.69, 9.17) is 16.3 Å². The minimum absolute atomic E-state index is 0.125. The molecule has 0 atom stereocenters. The maximum absolute atomic E-state index is 12.7. The van der Waals surface area contributed by atoms with E-state index in [9.17, 15) is 8.42 Å². The highest BCUT2D eigenvalue weighted by atomic mass is 35.5. The molecule has 20 heavy (non-hydrogen) atoms. The summed E-state index contributed by atoms with van der Waals surface area (Å²) in [5.74, 6) is 0.310. The van der Waals surface area contributed by atoms with Crippen LogP contribution in [-0.4, -0.2) is 43.6 Å². The number of ether oxygens (including phenoxy) is 1. The molecule has 0 aliphatic heterocycles. The van der Waals surface area contributed by atoms with Crippen LogP contribution in [0.5, 0.6) is 0 Å². The standard InChI is InChI=1S/C13H21ClN2O3S/c1-3-15-10-13(8-12(15)9-14)20(17,18)16(6-7-19-2)11-4-5-11/h8,10-11H,3-7,9H2,1-2H3. The lowest BCUT2D eigenvalue weighted by molar-refractivity contribution is 0.177. The Morgan fingerprint density at radius 1 is 1.50 bits per heavy atom. The number of aryl methyl sites for hydroxylation is 1. The lowest BCUT2D eigenvalue weighted by atomic mass is 10.5. The Morgan fingerprint density at radius 3 is 2.65 bits per heavy atom. The zero-order valence-corrected chi connectivity index (χ0v) is 13.5. The number of rotatable bonds is 8. The Kier molecular flexibility index (Phi) is 5.12. The van der Waals surface area contributed by atoms with E-state index in [1.807, 2.05) is 11.5 Å². The van der Waals surface area contributed by atoms with Gasteiger partial charge in [0.1, 0.15) is 4.90 Å². The van der Waals surface area contributed by atoms with Gasteiger partial charge in [0.15, 0.2) is 0 Å². The van der Waals surface area contributed by atoms with Crippen LogP contribution in [0.15, 0.2) is 17.2 Å². The van der Waals surface area contributed by atoms with E-state index < -0.39 is 10.0 Å². The highest BCUT2D eigenvalue weighted by molar-refractivity contribution is 7.89. The number of sulfonamides is 1. The Hall–Kier alpha value is -0.560. The molecule has 0 saturated heterocycles. The second-order valence-electron chi connectivity index (χ2n) is 4.93. The molecule has 114 valence electrons. The number of hydrogen-bond acceptors (Lipinski definition) is 3. The molecule has 1 aromatic rings. The third-order valence-corrected chi connectivity index (χ3v) is 5.71. The van der Waals surface area contributed by atoms with Crippen LogP contribution in [0.1, 0.15) is 25.5 Å². The normalized spacial score (nSPS) is 16.0. The number of alkyl halides is 1. The fraction of sp³-hybridized carbons (Fsp3) is 0.692. The van der Waals surface area contributed by atoms with Crippen molar-refractivity contribution in [2.75, 3.05) is 20.3 Å². The molecule has 1 aromatic heterocycles. The van der Waals surface area contributed by atoms with Crippen LogP contribution in [0.3, 0.4) is 0 Å². The summed E-state index contributed by atoms with van der Waals surface area (Å²) in [6.07, 6.45) is 3.54. The van der Waals surface area contributed by atoms with E-state index in [0.29, 0.717) is 30.5 Å². The summed E-state index contributed by atoms with van der Waals surface area (Å²) in [4.78, 5) is 0.331. The van der Waals surface area contributed by atoms with Gasteiger partial charge in [0.2, 0.25) is 10.0 Å². The SMILES string of the molecule is CCn1cc(S(=O)(=O)N(CCOC)C2CC2)cc1CCl. The number of aromatic nitrogens is 1. The molecule has 0 bridgehead atoms. The summed E-state index contributed by atoms with van der Waals surface area (Å²) < 4.78 is 33.9. The van der Waals surface area contributed by atoms with Crippen LogP contribution < -0.4 is 0 Å². The number of halogens is 1. The minimum Gasteiger partial charge on any atom is -0.383 e. The Balaban J connectivity index is 2.29. The van der Waals surface area contributed by atoms with E-state index in [-0.39, 0.29) is 6.04 Å². The molecule has 1 fully saturated rings. The molecule has 1 aliphatic carbocycles. The molecular formula is C13H21ClN2O3S. The van der Waals surface area contributed by atoms with E-state index in [1.165, 1.54) is 0 Å². The lowest BCUT2D eigenvalue weighted by Crippen LogP contribution is -2.35. The van der Waals surface area contributed by atoms with Crippen LogP contribution in [0.4, 0.5) is 0 Å². The summed E-state index contributed by atoms with van der Waals surface area (Å²) in [5, 5.41) is 0. The molecule has 0 amide bonds. The minimum atomic E-state index is -3.46. The molecule has 0 radical (unpaired) electrons. The fourth-order valence-electron chi connectivity index (χ4n) is 2.25. The first kappa shape index (κ1) is 15.8. The third kappa shape index (κ3) is 3.19. The van der Waals surface area contributed by atoms with Gasteiger partial charge in [-0.1, -0.05) is 0 Å². The highest BCUT2D eigenvalue weighted by Gasteiger charge is 2.38. The predicted octanol–water partition coefficient (Wildman–Crippen LogP) is 2.05. The first-order valence-electron chi connectivity index (χ1n) is 6.80. The van der Waals surface area contributed by atoms with Crippen molar-refractivity contribution in [1.82, 2.24) is 8.87 Å². The zero-order chi connectivity index (χ0) is 14.8. The second-order valence-corrected chi connectivity index (χ2v) is 7.08. The van der Waals surface area contributed by atoms with Gasteiger partial charge in [0, 0.05) is 38.1 Å². The van der Waals surface area contributed by atoms with Crippen molar-refractivity contribution < 1.29 is 13.2 Å². The number of hydrogen-bond donors (Lipinski definition) is 0. The summed E-state index contributed by atoms with van der Waals surface area (Å²) in [6.45, 7) is 3.48. The summed E-state index contributed by atoms with van der Waals surface area (Å²) >= 11 is 5.86. The van der Waals surface area contributed by atoms with Gasteiger partial charge < -0.3 is 9.30 Å². The second kappa shape index (κ2) is 6.47. The molecule has 5 nitrogen and oxygen atoms in total. The molecule has 0 spiro atoms. The van der Waals surface area contributed by atoms with Gasteiger partial charge >= 0.3 is 0 Å². The molecule has 2 rings (SSSR count). The van der Waals surface area contributed by atoms with Gasteiger partial charge in [-0.3, -0.25) is 0 Å². The van der Waals surface area contributed by atoms with Gasteiger partial charge in [-0.25, -0.2) is 8.42 Å². The van der Waals surface area contributed by atoms with Gasteiger partial charge in [0.25, 0.3) is 0 Å².